The molecule has 12 heteroatoms. The Labute approximate surface area is 355 Å². The second-order valence-electron chi connectivity index (χ2n) is 14.9. The molecule has 4 aromatic rings. The van der Waals surface area contributed by atoms with Crippen LogP contribution in [0.4, 0.5) is 10.1 Å². The maximum atomic E-state index is 16.6. The molecule has 0 radical (unpaired) electrons. The van der Waals surface area contributed by atoms with Gasteiger partial charge in [-0.05, 0) is 109 Å². The van der Waals surface area contributed by atoms with Gasteiger partial charge in [0.2, 0.25) is 11.8 Å². The van der Waals surface area contributed by atoms with Gasteiger partial charge in [0, 0.05) is 51.0 Å². The van der Waals surface area contributed by atoms with Gasteiger partial charge in [0.1, 0.15) is 24.1 Å². The van der Waals surface area contributed by atoms with E-state index in [-0.39, 0.29) is 36.0 Å². The molecule has 59 heavy (non-hydrogen) atoms. The lowest BCUT2D eigenvalue weighted by atomic mass is 9.88. The number of carbonyl (C=O) groups is 4. The smallest absolute Gasteiger partial charge is 0.265 e. The summed E-state index contributed by atoms with van der Waals surface area (Å²) in [5.41, 5.74) is 2.85. The molecule has 0 aromatic heterocycles. The van der Waals surface area contributed by atoms with Crippen LogP contribution in [0.1, 0.15) is 87.4 Å². The fraction of sp³-hybridized carbons (Fsp3) is 0.362. The SMILES string of the molecule is [2H]C1([2H])N(CC2CCN(CCOc3ccc(C(=C(CC)c4ccccc4)c4ccc(O)cc4)cc3)CC2)C([2H])([2H])C([2H])([2H])N(c2ccc3c(c2F)C(=O)N(C2CCC(=O)NC2=O)C3=O)C1([2H])[2H]. The molecule has 4 heterocycles. The summed E-state index contributed by atoms with van der Waals surface area (Å²) < 4.78 is 94.6. The van der Waals surface area contributed by atoms with Crippen LogP contribution in [0, 0.1) is 11.7 Å². The van der Waals surface area contributed by atoms with Gasteiger partial charge in [-0.3, -0.25) is 39.2 Å². The van der Waals surface area contributed by atoms with Gasteiger partial charge in [-0.15, -0.1) is 0 Å². The minimum Gasteiger partial charge on any atom is -0.508 e. The van der Waals surface area contributed by atoms with Gasteiger partial charge in [0.05, 0.1) is 22.3 Å². The zero-order valence-electron chi connectivity index (χ0n) is 40.5. The van der Waals surface area contributed by atoms with Gasteiger partial charge >= 0.3 is 0 Å². The van der Waals surface area contributed by atoms with Crippen molar-refractivity contribution in [2.45, 2.75) is 45.1 Å². The molecule has 4 aromatic carbocycles. The molecule has 3 fully saturated rings. The largest absolute Gasteiger partial charge is 0.508 e. The Morgan fingerprint density at radius 2 is 1.49 bits per heavy atom. The summed E-state index contributed by atoms with van der Waals surface area (Å²) in [5.74, 6) is -5.03. The third-order valence-electron chi connectivity index (χ3n) is 11.3. The Kier molecular flexibility index (Phi) is 9.26. The number of piperazine rings is 1. The van der Waals surface area contributed by atoms with Crippen LogP contribution >= 0.6 is 0 Å². The summed E-state index contributed by atoms with van der Waals surface area (Å²) in [5, 5.41) is 12.0. The number of amides is 4. The average Bonchev–Trinajstić information content (AvgIpc) is 3.54. The van der Waals surface area contributed by atoms with Gasteiger partial charge in [0.25, 0.3) is 11.8 Å². The molecule has 4 aliphatic heterocycles. The fourth-order valence-corrected chi connectivity index (χ4v) is 8.14. The number of hydrogen-bond donors (Lipinski definition) is 2. The molecule has 11 nitrogen and oxygen atoms in total. The number of likely N-dealkylation sites (tertiary alicyclic amines) is 1. The number of anilines is 1. The lowest BCUT2D eigenvalue weighted by Crippen LogP contribution is -2.54. The first kappa shape index (κ1) is 31.1. The number of halogens is 1. The molecule has 8 rings (SSSR count). The van der Waals surface area contributed by atoms with Crippen molar-refractivity contribution in [1.82, 2.24) is 20.0 Å². The summed E-state index contributed by atoms with van der Waals surface area (Å²) in [7, 11) is 0. The van der Waals surface area contributed by atoms with Crippen molar-refractivity contribution >= 4 is 40.5 Å². The Morgan fingerprint density at radius 3 is 2.15 bits per heavy atom. The second kappa shape index (κ2) is 17.6. The highest BCUT2D eigenvalue weighted by Crippen LogP contribution is 2.37. The Hall–Kier alpha value is -5.85. The van der Waals surface area contributed by atoms with Crippen LogP contribution in [0.25, 0.3) is 11.1 Å². The molecule has 4 aliphatic rings. The summed E-state index contributed by atoms with van der Waals surface area (Å²) in [6.45, 7) is -9.73. The van der Waals surface area contributed by atoms with E-state index in [0.29, 0.717) is 54.6 Å². The summed E-state index contributed by atoms with van der Waals surface area (Å²) in [6, 6.07) is 25.4. The van der Waals surface area contributed by atoms with Crippen LogP contribution in [-0.2, 0) is 9.59 Å². The van der Waals surface area contributed by atoms with Crippen molar-refractivity contribution in [3.63, 3.8) is 0 Å². The zero-order chi connectivity index (χ0) is 48.2. The van der Waals surface area contributed by atoms with Crippen LogP contribution in [0.5, 0.6) is 11.5 Å². The van der Waals surface area contributed by atoms with Gasteiger partial charge in [-0.2, -0.15) is 0 Å². The van der Waals surface area contributed by atoms with Crippen LogP contribution in [-0.4, -0.2) is 108 Å². The number of phenolic OH excluding ortho intramolecular Hbond substituents is 1. The van der Waals surface area contributed by atoms with E-state index in [0.717, 1.165) is 46.4 Å². The molecule has 3 saturated heterocycles. The Bertz CT molecular complexity index is 2580. The zero-order valence-corrected chi connectivity index (χ0v) is 32.5. The molecule has 0 saturated carbocycles. The molecule has 4 amide bonds. The molecule has 2 N–H and O–H groups in total. The molecule has 0 bridgehead atoms. The predicted molar refractivity (Wildman–Crippen MR) is 224 cm³/mol. The number of nitrogens with zero attached hydrogens (tertiary/aromatic N) is 4. The molecule has 306 valence electrons. The number of carbonyl (C=O) groups excluding carboxylic acids is 4. The second-order valence-corrected chi connectivity index (χ2v) is 14.9. The molecule has 0 spiro atoms. The predicted octanol–water partition coefficient (Wildman–Crippen LogP) is 6.21. The lowest BCUT2D eigenvalue weighted by molar-refractivity contribution is -0.136. The first-order chi connectivity index (χ1) is 31.7. The number of benzene rings is 4. The summed E-state index contributed by atoms with van der Waals surface area (Å²) in [6.07, 6.45) is 1.28. The number of fused-ring (bicyclic) bond motifs is 1. The topological polar surface area (TPSA) is 123 Å². The minimum absolute atomic E-state index is 0.0210. The van der Waals surface area contributed by atoms with E-state index in [1.54, 1.807) is 12.1 Å². The Balaban J connectivity index is 0.916. The van der Waals surface area contributed by atoms with E-state index in [4.69, 9.17) is 15.7 Å². The highest BCUT2D eigenvalue weighted by molar-refractivity contribution is 6.24. The van der Waals surface area contributed by atoms with Gasteiger partial charge < -0.3 is 14.7 Å². The fourth-order valence-electron chi connectivity index (χ4n) is 8.14. The van der Waals surface area contributed by atoms with Crippen molar-refractivity contribution in [3.8, 4) is 11.5 Å². The van der Waals surface area contributed by atoms with Gasteiger partial charge in [-0.1, -0.05) is 61.5 Å². The highest BCUT2D eigenvalue weighted by Gasteiger charge is 2.46. The maximum absolute atomic E-state index is 16.6. The van der Waals surface area contributed by atoms with Crippen molar-refractivity contribution in [3.05, 3.63) is 125 Å². The number of piperidine rings is 2. The summed E-state index contributed by atoms with van der Waals surface area (Å²) >= 11 is 0. The average molecular weight is 808 g/mol. The number of aromatic hydroxyl groups is 1. The van der Waals surface area contributed by atoms with Crippen LogP contribution < -0.4 is 15.0 Å². The van der Waals surface area contributed by atoms with Crippen LogP contribution in [0.2, 0.25) is 0 Å². The Morgan fingerprint density at radius 1 is 0.814 bits per heavy atom. The standard InChI is InChI=1S/C47H50FN5O6/c1-2-37(32-6-4-3-5-7-32)42(33-8-12-35(54)13-9-33)34-10-14-36(15-11-34)59-29-28-50-22-20-31(21-23-50)30-51-24-26-52(27-25-51)39-17-16-38-43(44(39)48)47(58)53(46(38)57)40-18-19-41(55)49-45(40)56/h3-17,31,40,54H,2,18-30H2,1H3,(H,49,55,56)/i24D2,25D2,26D2,27D2. The summed E-state index contributed by atoms with van der Waals surface area (Å²) in [4.78, 5) is 54.3. The van der Waals surface area contributed by atoms with E-state index in [1.807, 2.05) is 59.9 Å². The highest BCUT2D eigenvalue weighted by atomic mass is 19.1. The van der Waals surface area contributed by atoms with Crippen molar-refractivity contribution in [2.24, 2.45) is 5.92 Å². The van der Waals surface area contributed by atoms with Crippen LogP contribution in [0.3, 0.4) is 0 Å². The minimum atomic E-state index is -3.45. The molecule has 1 unspecified atom stereocenters. The van der Waals surface area contributed by atoms with E-state index < -0.39 is 78.3 Å². The van der Waals surface area contributed by atoms with E-state index in [2.05, 4.69) is 24.0 Å². The van der Waals surface area contributed by atoms with Crippen molar-refractivity contribution < 1.29 is 44.4 Å². The lowest BCUT2D eigenvalue weighted by Gasteiger charge is -2.39. The first-order valence-electron chi connectivity index (χ1n) is 23.9. The maximum Gasteiger partial charge on any atom is 0.265 e. The normalized spacial score (nSPS) is 25.2. The van der Waals surface area contributed by atoms with Gasteiger partial charge in [0.15, 0.2) is 5.82 Å². The van der Waals surface area contributed by atoms with Crippen molar-refractivity contribution in [1.29, 1.82) is 0 Å². The number of imide groups is 2. The number of nitrogens with one attached hydrogen (secondary N) is 1. The third kappa shape index (κ3) is 8.51. The quantitative estimate of drug-likeness (QED) is 0.127. The monoisotopic (exact) mass is 807 g/mol. The van der Waals surface area contributed by atoms with Crippen LogP contribution in [0.15, 0.2) is 91.0 Å². The van der Waals surface area contributed by atoms with Crippen molar-refractivity contribution in [2.75, 3.05) is 63.7 Å². The number of hydrogen-bond acceptors (Lipinski definition) is 9. The van der Waals surface area contributed by atoms with E-state index in [9.17, 15) is 24.3 Å². The first-order valence-corrected chi connectivity index (χ1v) is 19.9. The molecular weight excluding hydrogens is 750 g/mol. The van der Waals surface area contributed by atoms with Gasteiger partial charge in [-0.25, -0.2) is 4.39 Å². The molecular formula is C47H50FN5O6. The third-order valence-corrected chi connectivity index (χ3v) is 11.3. The molecule has 0 aliphatic carbocycles. The number of rotatable bonds is 12. The number of phenols is 1. The molecule has 1 atom stereocenters. The number of allylic oxidation sites excluding steroid dienone is 1. The van der Waals surface area contributed by atoms with E-state index in [1.165, 1.54) is 0 Å². The van der Waals surface area contributed by atoms with E-state index >= 15 is 4.39 Å². The number of ether oxygens (including phenoxy) is 1.